The third-order valence-electron chi connectivity index (χ3n) is 4.43. The number of hydrogen-bond acceptors (Lipinski definition) is 5. The Morgan fingerprint density at radius 1 is 1.35 bits per heavy atom. The number of carbonyl (C=O) groups excluding carboxylic acids is 1. The first-order chi connectivity index (χ1) is 12.5. The highest BCUT2D eigenvalue weighted by atomic mass is 16.5. The average molecular weight is 355 g/mol. The first-order valence-electron chi connectivity index (χ1n) is 8.81. The third-order valence-corrected chi connectivity index (χ3v) is 4.43. The molecular formula is C20H25N3O3. The van der Waals surface area contributed by atoms with E-state index in [1.165, 1.54) is 5.56 Å². The summed E-state index contributed by atoms with van der Waals surface area (Å²) in [6.07, 6.45) is 1.33. The SMILES string of the molecule is CNC(=O)[C@@H]1CN(Cc2ccc(Oc3ccc(C)cc3C)cn2)CCO1. The number of rotatable bonds is 5. The van der Waals surface area contributed by atoms with E-state index in [4.69, 9.17) is 9.47 Å². The fraction of sp³-hybridized carbons (Fsp3) is 0.400. The Morgan fingerprint density at radius 2 is 2.19 bits per heavy atom. The number of likely N-dealkylation sites (N-methyl/N-ethyl adjacent to an activating group) is 1. The van der Waals surface area contributed by atoms with Gasteiger partial charge in [-0.2, -0.15) is 0 Å². The van der Waals surface area contributed by atoms with Gasteiger partial charge in [-0.15, -0.1) is 0 Å². The van der Waals surface area contributed by atoms with Crippen LogP contribution in [0.3, 0.4) is 0 Å². The molecule has 2 aromatic rings. The highest BCUT2D eigenvalue weighted by Gasteiger charge is 2.25. The molecule has 1 fully saturated rings. The Kier molecular flexibility index (Phi) is 5.85. The number of pyridine rings is 1. The molecule has 2 heterocycles. The summed E-state index contributed by atoms with van der Waals surface area (Å²) >= 11 is 0. The van der Waals surface area contributed by atoms with Gasteiger partial charge in [0.15, 0.2) is 0 Å². The van der Waals surface area contributed by atoms with E-state index in [2.05, 4.69) is 28.2 Å². The van der Waals surface area contributed by atoms with Crippen molar-refractivity contribution in [1.29, 1.82) is 0 Å². The van der Waals surface area contributed by atoms with Crippen LogP contribution < -0.4 is 10.1 Å². The van der Waals surface area contributed by atoms with Crippen LogP contribution in [0.25, 0.3) is 0 Å². The minimum absolute atomic E-state index is 0.0834. The molecule has 6 nitrogen and oxygen atoms in total. The van der Waals surface area contributed by atoms with Crippen LogP contribution in [-0.4, -0.2) is 48.6 Å². The van der Waals surface area contributed by atoms with Gasteiger partial charge in [-0.05, 0) is 37.6 Å². The maximum atomic E-state index is 11.7. The van der Waals surface area contributed by atoms with E-state index in [9.17, 15) is 4.79 Å². The normalized spacial score (nSPS) is 17.7. The minimum Gasteiger partial charge on any atom is -0.455 e. The molecule has 26 heavy (non-hydrogen) atoms. The Hall–Kier alpha value is -2.44. The number of hydrogen-bond donors (Lipinski definition) is 1. The molecule has 138 valence electrons. The van der Waals surface area contributed by atoms with Gasteiger partial charge in [0.05, 0.1) is 18.5 Å². The Balaban J connectivity index is 1.60. The number of carbonyl (C=O) groups is 1. The predicted octanol–water partition coefficient (Wildman–Crippen LogP) is 2.44. The van der Waals surface area contributed by atoms with Gasteiger partial charge in [-0.3, -0.25) is 14.7 Å². The molecule has 0 bridgehead atoms. The number of ether oxygens (including phenoxy) is 2. The molecule has 0 unspecified atom stereocenters. The summed E-state index contributed by atoms with van der Waals surface area (Å²) in [5.74, 6) is 1.47. The van der Waals surface area contributed by atoms with Gasteiger partial charge in [0.2, 0.25) is 5.91 Å². The number of amides is 1. The van der Waals surface area contributed by atoms with Gasteiger partial charge >= 0.3 is 0 Å². The molecule has 0 saturated carbocycles. The van der Waals surface area contributed by atoms with Gasteiger partial charge in [-0.25, -0.2) is 0 Å². The largest absolute Gasteiger partial charge is 0.455 e. The highest BCUT2D eigenvalue weighted by Crippen LogP contribution is 2.25. The number of nitrogens with one attached hydrogen (secondary N) is 1. The second-order valence-electron chi connectivity index (χ2n) is 6.57. The van der Waals surface area contributed by atoms with Crippen molar-refractivity contribution in [1.82, 2.24) is 15.2 Å². The molecule has 1 aromatic carbocycles. The number of aryl methyl sites for hydroxylation is 2. The number of morpholine rings is 1. The van der Waals surface area contributed by atoms with E-state index in [1.54, 1.807) is 13.2 Å². The van der Waals surface area contributed by atoms with Crippen LogP contribution in [-0.2, 0) is 16.1 Å². The first kappa shape index (κ1) is 18.4. The lowest BCUT2D eigenvalue weighted by Gasteiger charge is -2.31. The molecule has 1 atom stereocenters. The Morgan fingerprint density at radius 3 is 2.88 bits per heavy atom. The zero-order chi connectivity index (χ0) is 18.5. The summed E-state index contributed by atoms with van der Waals surface area (Å²) in [6.45, 7) is 6.68. The molecule has 1 aromatic heterocycles. The number of aromatic nitrogens is 1. The monoisotopic (exact) mass is 355 g/mol. The lowest BCUT2D eigenvalue weighted by molar-refractivity contribution is -0.138. The van der Waals surface area contributed by atoms with Gasteiger partial charge in [0.1, 0.15) is 17.6 Å². The number of nitrogens with zero attached hydrogens (tertiary/aromatic N) is 2. The molecule has 1 aliphatic rings. The molecule has 1 N–H and O–H groups in total. The molecule has 0 radical (unpaired) electrons. The van der Waals surface area contributed by atoms with Crippen molar-refractivity contribution in [2.24, 2.45) is 0 Å². The van der Waals surface area contributed by atoms with Crippen molar-refractivity contribution in [2.75, 3.05) is 26.7 Å². The summed E-state index contributed by atoms with van der Waals surface area (Å²) in [4.78, 5) is 18.4. The molecule has 1 aliphatic heterocycles. The summed E-state index contributed by atoms with van der Waals surface area (Å²) < 4.78 is 11.4. The van der Waals surface area contributed by atoms with Gasteiger partial charge in [-0.1, -0.05) is 17.7 Å². The van der Waals surface area contributed by atoms with Gasteiger partial charge in [0.25, 0.3) is 0 Å². The van der Waals surface area contributed by atoms with Gasteiger partial charge in [0, 0.05) is 26.7 Å². The lowest BCUT2D eigenvalue weighted by Crippen LogP contribution is -2.48. The second kappa shape index (κ2) is 8.29. The Labute approximate surface area is 154 Å². The van der Waals surface area contributed by atoms with E-state index < -0.39 is 6.10 Å². The van der Waals surface area contributed by atoms with Gasteiger partial charge < -0.3 is 14.8 Å². The van der Waals surface area contributed by atoms with Crippen molar-refractivity contribution < 1.29 is 14.3 Å². The Bertz CT molecular complexity index is 761. The van der Waals surface area contributed by atoms with Crippen molar-refractivity contribution in [2.45, 2.75) is 26.5 Å². The summed E-state index contributed by atoms with van der Waals surface area (Å²) in [6, 6.07) is 10.00. The third kappa shape index (κ3) is 4.59. The van der Waals surface area contributed by atoms with E-state index in [1.807, 2.05) is 31.2 Å². The van der Waals surface area contributed by atoms with Crippen LogP contribution in [0.4, 0.5) is 0 Å². The zero-order valence-corrected chi connectivity index (χ0v) is 15.5. The van der Waals surface area contributed by atoms with Crippen LogP contribution >= 0.6 is 0 Å². The highest BCUT2D eigenvalue weighted by molar-refractivity contribution is 5.80. The molecule has 6 heteroatoms. The summed E-state index contributed by atoms with van der Waals surface area (Å²) in [5.41, 5.74) is 3.25. The van der Waals surface area contributed by atoms with Crippen LogP contribution in [0.1, 0.15) is 16.8 Å². The lowest BCUT2D eigenvalue weighted by atomic mass is 10.1. The maximum absolute atomic E-state index is 11.7. The zero-order valence-electron chi connectivity index (χ0n) is 15.5. The fourth-order valence-electron chi connectivity index (χ4n) is 3.00. The van der Waals surface area contributed by atoms with E-state index >= 15 is 0 Å². The number of benzene rings is 1. The molecule has 0 aliphatic carbocycles. The van der Waals surface area contributed by atoms with Crippen molar-refractivity contribution in [3.05, 3.63) is 53.3 Å². The second-order valence-corrected chi connectivity index (χ2v) is 6.57. The quantitative estimate of drug-likeness (QED) is 0.892. The molecular weight excluding hydrogens is 330 g/mol. The topological polar surface area (TPSA) is 63.7 Å². The van der Waals surface area contributed by atoms with E-state index in [-0.39, 0.29) is 5.91 Å². The van der Waals surface area contributed by atoms with Crippen LogP contribution in [0, 0.1) is 13.8 Å². The average Bonchev–Trinajstić information content (AvgIpc) is 2.65. The molecule has 0 spiro atoms. The smallest absolute Gasteiger partial charge is 0.250 e. The standard InChI is InChI=1S/C20H25N3O3/c1-14-4-7-18(15(2)10-14)26-17-6-5-16(22-11-17)12-23-8-9-25-19(13-23)20(24)21-3/h4-7,10-11,19H,8-9,12-13H2,1-3H3,(H,21,24)/t19-/m0/s1. The summed E-state index contributed by atoms with van der Waals surface area (Å²) in [7, 11) is 1.63. The molecule has 1 amide bonds. The van der Waals surface area contributed by atoms with Crippen LogP contribution in [0.5, 0.6) is 11.5 Å². The molecule has 1 saturated heterocycles. The van der Waals surface area contributed by atoms with Crippen molar-refractivity contribution in [3.8, 4) is 11.5 Å². The minimum atomic E-state index is -0.416. The van der Waals surface area contributed by atoms with Crippen molar-refractivity contribution >= 4 is 5.91 Å². The van der Waals surface area contributed by atoms with Crippen molar-refractivity contribution in [3.63, 3.8) is 0 Å². The predicted molar refractivity (Wildman–Crippen MR) is 99.3 cm³/mol. The first-order valence-corrected chi connectivity index (χ1v) is 8.81. The van der Waals surface area contributed by atoms with E-state index in [0.717, 1.165) is 23.6 Å². The fourth-order valence-corrected chi connectivity index (χ4v) is 3.00. The maximum Gasteiger partial charge on any atom is 0.250 e. The molecule has 3 rings (SSSR count). The van der Waals surface area contributed by atoms with E-state index in [0.29, 0.717) is 25.4 Å². The van der Waals surface area contributed by atoms with Crippen LogP contribution in [0.15, 0.2) is 36.5 Å². The van der Waals surface area contributed by atoms with Crippen LogP contribution in [0.2, 0.25) is 0 Å². The summed E-state index contributed by atoms with van der Waals surface area (Å²) in [5, 5.41) is 2.63.